The van der Waals surface area contributed by atoms with Gasteiger partial charge in [-0.15, -0.1) is 0 Å². The molecule has 0 aromatic carbocycles. The van der Waals surface area contributed by atoms with Crippen LogP contribution in [-0.4, -0.2) is 49.3 Å². The van der Waals surface area contributed by atoms with Gasteiger partial charge in [0, 0.05) is 18.7 Å². The van der Waals surface area contributed by atoms with Crippen molar-refractivity contribution in [2.75, 3.05) is 33.8 Å². The van der Waals surface area contributed by atoms with Gasteiger partial charge in [0.2, 0.25) is 0 Å². The van der Waals surface area contributed by atoms with Crippen molar-refractivity contribution in [1.29, 1.82) is 0 Å². The standard InChI is InChI=1S/C9H22N2O/c1-9(2,11(3)4)8-10-6-5-7-12/h10,12H,5-8H2,1-4H3. The Hall–Kier alpha value is -0.120. The maximum absolute atomic E-state index is 8.55. The van der Waals surface area contributed by atoms with Gasteiger partial charge in [0.25, 0.3) is 0 Å². The Bertz CT molecular complexity index is 113. The summed E-state index contributed by atoms with van der Waals surface area (Å²) in [4.78, 5) is 2.19. The number of rotatable bonds is 6. The van der Waals surface area contributed by atoms with E-state index in [9.17, 15) is 0 Å². The molecule has 0 aliphatic carbocycles. The van der Waals surface area contributed by atoms with Crippen molar-refractivity contribution in [3.63, 3.8) is 0 Å². The predicted molar refractivity (Wildman–Crippen MR) is 52.3 cm³/mol. The van der Waals surface area contributed by atoms with Crippen LogP contribution in [0.4, 0.5) is 0 Å². The zero-order valence-corrected chi connectivity index (χ0v) is 8.72. The molecular formula is C9H22N2O. The second kappa shape index (κ2) is 5.51. The Labute approximate surface area is 75.8 Å². The first-order valence-corrected chi connectivity index (χ1v) is 4.49. The third-order valence-corrected chi connectivity index (χ3v) is 2.28. The van der Waals surface area contributed by atoms with Gasteiger partial charge < -0.3 is 15.3 Å². The highest BCUT2D eigenvalue weighted by Gasteiger charge is 2.18. The molecule has 0 aliphatic rings. The first kappa shape index (κ1) is 11.9. The van der Waals surface area contributed by atoms with Crippen LogP contribution in [-0.2, 0) is 0 Å². The molecule has 74 valence electrons. The van der Waals surface area contributed by atoms with Crippen molar-refractivity contribution >= 4 is 0 Å². The molecule has 0 amide bonds. The smallest absolute Gasteiger partial charge is 0.0443 e. The molecule has 0 radical (unpaired) electrons. The van der Waals surface area contributed by atoms with Crippen molar-refractivity contribution < 1.29 is 5.11 Å². The van der Waals surface area contributed by atoms with Gasteiger partial charge in [-0.05, 0) is 40.9 Å². The molecule has 2 N–H and O–H groups in total. The van der Waals surface area contributed by atoms with Crippen molar-refractivity contribution in [3.8, 4) is 0 Å². The Balaban J connectivity index is 3.47. The number of nitrogens with zero attached hydrogens (tertiary/aromatic N) is 1. The summed E-state index contributed by atoms with van der Waals surface area (Å²) in [6.45, 7) is 6.51. The van der Waals surface area contributed by atoms with Crippen LogP contribution in [0.15, 0.2) is 0 Å². The molecule has 0 spiro atoms. The molecule has 0 rings (SSSR count). The van der Waals surface area contributed by atoms with Crippen molar-refractivity contribution in [3.05, 3.63) is 0 Å². The second-order valence-electron chi connectivity index (χ2n) is 3.96. The molecule has 0 aromatic rings. The fourth-order valence-electron chi connectivity index (χ4n) is 0.756. The van der Waals surface area contributed by atoms with Crippen LogP contribution in [0.25, 0.3) is 0 Å². The van der Waals surface area contributed by atoms with Crippen LogP contribution in [0.2, 0.25) is 0 Å². The number of hydrogen-bond donors (Lipinski definition) is 2. The van der Waals surface area contributed by atoms with Gasteiger partial charge >= 0.3 is 0 Å². The molecule has 0 bridgehead atoms. The molecule has 3 heteroatoms. The molecule has 0 heterocycles. The van der Waals surface area contributed by atoms with E-state index in [0.717, 1.165) is 19.5 Å². The molecule has 0 aliphatic heterocycles. The Kier molecular flexibility index (Phi) is 5.46. The van der Waals surface area contributed by atoms with E-state index in [2.05, 4.69) is 38.2 Å². The maximum Gasteiger partial charge on any atom is 0.0443 e. The molecule has 12 heavy (non-hydrogen) atoms. The third kappa shape index (κ3) is 4.70. The van der Waals surface area contributed by atoms with Crippen LogP contribution in [0.1, 0.15) is 20.3 Å². The molecule has 0 atom stereocenters. The van der Waals surface area contributed by atoms with Crippen LogP contribution in [0.3, 0.4) is 0 Å². The van der Waals surface area contributed by atoms with Crippen LogP contribution < -0.4 is 5.32 Å². The van der Waals surface area contributed by atoms with Gasteiger partial charge in [-0.3, -0.25) is 0 Å². The Morgan fingerprint density at radius 2 is 1.92 bits per heavy atom. The number of aliphatic hydroxyl groups excluding tert-OH is 1. The lowest BCUT2D eigenvalue weighted by molar-refractivity contribution is 0.188. The van der Waals surface area contributed by atoms with Gasteiger partial charge in [0.1, 0.15) is 0 Å². The average molecular weight is 174 g/mol. The summed E-state index contributed by atoms with van der Waals surface area (Å²) in [5.74, 6) is 0. The largest absolute Gasteiger partial charge is 0.396 e. The fourth-order valence-corrected chi connectivity index (χ4v) is 0.756. The first-order chi connectivity index (χ1) is 5.50. The van der Waals surface area contributed by atoms with Crippen molar-refractivity contribution in [2.45, 2.75) is 25.8 Å². The maximum atomic E-state index is 8.55. The number of likely N-dealkylation sites (N-methyl/N-ethyl adjacent to an activating group) is 1. The van der Waals surface area contributed by atoms with E-state index in [-0.39, 0.29) is 12.1 Å². The van der Waals surface area contributed by atoms with E-state index in [0.29, 0.717) is 0 Å². The lowest BCUT2D eigenvalue weighted by Gasteiger charge is -2.32. The van der Waals surface area contributed by atoms with E-state index in [1.165, 1.54) is 0 Å². The summed E-state index contributed by atoms with van der Waals surface area (Å²) in [5, 5.41) is 11.9. The van der Waals surface area contributed by atoms with E-state index in [4.69, 9.17) is 5.11 Å². The minimum absolute atomic E-state index is 0.190. The quantitative estimate of drug-likeness (QED) is 0.568. The van der Waals surface area contributed by atoms with E-state index < -0.39 is 0 Å². The third-order valence-electron chi connectivity index (χ3n) is 2.28. The summed E-state index contributed by atoms with van der Waals surface area (Å²) >= 11 is 0. The Morgan fingerprint density at radius 1 is 1.33 bits per heavy atom. The van der Waals surface area contributed by atoms with Crippen molar-refractivity contribution in [1.82, 2.24) is 10.2 Å². The van der Waals surface area contributed by atoms with Gasteiger partial charge in [0.15, 0.2) is 0 Å². The summed E-state index contributed by atoms with van der Waals surface area (Å²) in [5.41, 5.74) is 0.190. The highest BCUT2D eigenvalue weighted by atomic mass is 16.3. The van der Waals surface area contributed by atoms with Gasteiger partial charge in [-0.2, -0.15) is 0 Å². The second-order valence-corrected chi connectivity index (χ2v) is 3.96. The molecule has 3 nitrogen and oxygen atoms in total. The SMILES string of the molecule is CN(C)C(C)(C)CNCCCO. The molecule has 0 aromatic heterocycles. The highest BCUT2D eigenvalue weighted by molar-refractivity contribution is 4.79. The summed E-state index contributed by atoms with van der Waals surface area (Å²) in [6, 6.07) is 0. The monoisotopic (exact) mass is 174 g/mol. The zero-order valence-electron chi connectivity index (χ0n) is 8.72. The lowest BCUT2D eigenvalue weighted by atomic mass is 10.0. The molecule has 0 saturated heterocycles. The number of nitrogens with one attached hydrogen (secondary N) is 1. The molecule has 0 unspecified atom stereocenters. The Morgan fingerprint density at radius 3 is 2.33 bits per heavy atom. The topological polar surface area (TPSA) is 35.5 Å². The van der Waals surface area contributed by atoms with Crippen LogP contribution >= 0.6 is 0 Å². The number of hydrogen-bond acceptors (Lipinski definition) is 3. The summed E-state index contributed by atoms with van der Waals surface area (Å²) in [7, 11) is 4.15. The predicted octanol–water partition coefficient (Wildman–Crippen LogP) is 0.299. The molecular weight excluding hydrogens is 152 g/mol. The zero-order chi connectivity index (χ0) is 9.61. The van der Waals surface area contributed by atoms with E-state index >= 15 is 0 Å². The van der Waals surface area contributed by atoms with E-state index in [1.54, 1.807) is 0 Å². The fraction of sp³-hybridized carbons (Fsp3) is 1.00. The van der Waals surface area contributed by atoms with Crippen LogP contribution in [0.5, 0.6) is 0 Å². The first-order valence-electron chi connectivity index (χ1n) is 4.49. The van der Waals surface area contributed by atoms with E-state index in [1.807, 2.05) is 0 Å². The highest BCUT2D eigenvalue weighted by Crippen LogP contribution is 2.07. The van der Waals surface area contributed by atoms with Gasteiger partial charge in [0.05, 0.1) is 0 Å². The van der Waals surface area contributed by atoms with Crippen LogP contribution in [0, 0.1) is 0 Å². The minimum Gasteiger partial charge on any atom is -0.396 e. The molecule has 0 saturated carbocycles. The summed E-state index contributed by atoms with van der Waals surface area (Å²) < 4.78 is 0. The van der Waals surface area contributed by atoms with Crippen molar-refractivity contribution in [2.24, 2.45) is 0 Å². The summed E-state index contributed by atoms with van der Waals surface area (Å²) in [6.07, 6.45) is 0.837. The molecule has 0 fully saturated rings. The van der Waals surface area contributed by atoms with Gasteiger partial charge in [-0.1, -0.05) is 0 Å². The average Bonchev–Trinajstić information content (AvgIpc) is 1.98. The van der Waals surface area contributed by atoms with Gasteiger partial charge in [-0.25, -0.2) is 0 Å². The normalized spacial score (nSPS) is 12.5. The number of aliphatic hydroxyl groups is 1. The minimum atomic E-state index is 0.190. The lowest BCUT2D eigenvalue weighted by Crippen LogP contribution is -2.46.